The fourth-order valence-corrected chi connectivity index (χ4v) is 2.36. The molecule has 1 aromatic rings. The molecule has 0 aliphatic carbocycles. The molecule has 23 heavy (non-hydrogen) atoms. The fraction of sp³-hybridized carbons (Fsp3) is 0.444. The van der Waals surface area contributed by atoms with E-state index in [-0.39, 0.29) is 12.1 Å². The lowest BCUT2D eigenvalue weighted by Crippen LogP contribution is -2.39. The summed E-state index contributed by atoms with van der Waals surface area (Å²) in [5.74, 6) is -0.342. The number of esters is 1. The maximum Gasteiger partial charge on any atom is 0.410 e. The third-order valence-electron chi connectivity index (χ3n) is 3.54. The smallest absolute Gasteiger partial charge is 0.410 e. The molecular formula is C18H23NO4. The van der Waals surface area contributed by atoms with Gasteiger partial charge in [0.15, 0.2) is 0 Å². The molecule has 2 rings (SSSR count). The highest BCUT2D eigenvalue weighted by Gasteiger charge is 2.23. The molecule has 1 heterocycles. The third-order valence-corrected chi connectivity index (χ3v) is 3.54. The van der Waals surface area contributed by atoms with Gasteiger partial charge >= 0.3 is 12.1 Å². The predicted octanol–water partition coefficient (Wildman–Crippen LogP) is 3.50. The first-order valence-corrected chi connectivity index (χ1v) is 7.66. The van der Waals surface area contributed by atoms with E-state index in [0.717, 1.165) is 12.0 Å². The quantitative estimate of drug-likeness (QED) is 0.783. The molecule has 5 heteroatoms. The van der Waals surface area contributed by atoms with E-state index in [9.17, 15) is 9.59 Å². The number of amides is 1. The van der Waals surface area contributed by atoms with E-state index in [4.69, 9.17) is 9.47 Å². The average molecular weight is 317 g/mol. The first-order valence-electron chi connectivity index (χ1n) is 7.66. The van der Waals surface area contributed by atoms with E-state index in [1.165, 1.54) is 12.7 Å². The van der Waals surface area contributed by atoms with Crippen molar-refractivity contribution in [3.05, 3.63) is 41.5 Å². The van der Waals surface area contributed by atoms with Crippen LogP contribution in [0, 0.1) is 0 Å². The lowest BCUT2D eigenvalue weighted by atomic mass is 9.98. The summed E-state index contributed by atoms with van der Waals surface area (Å²) in [6, 6.07) is 7.31. The molecule has 0 aromatic heterocycles. The molecule has 0 atom stereocenters. The number of methoxy groups -OCH3 is 1. The summed E-state index contributed by atoms with van der Waals surface area (Å²) < 4.78 is 10.1. The van der Waals surface area contributed by atoms with Crippen molar-refractivity contribution in [2.24, 2.45) is 0 Å². The molecule has 1 aliphatic rings. The van der Waals surface area contributed by atoms with E-state index in [1.54, 1.807) is 17.0 Å². The van der Waals surface area contributed by atoms with Crippen molar-refractivity contribution in [3.8, 4) is 0 Å². The van der Waals surface area contributed by atoms with Crippen LogP contribution in [0.15, 0.2) is 30.3 Å². The molecule has 5 nitrogen and oxygen atoms in total. The van der Waals surface area contributed by atoms with Gasteiger partial charge in [0.2, 0.25) is 0 Å². The highest BCUT2D eigenvalue weighted by atomic mass is 16.6. The predicted molar refractivity (Wildman–Crippen MR) is 88.2 cm³/mol. The summed E-state index contributed by atoms with van der Waals surface area (Å²) in [7, 11) is 1.37. The lowest BCUT2D eigenvalue weighted by molar-refractivity contribution is 0.0270. The molecule has 0 radical (unpaired) electrons. The van der Waals surface area contributed by atoms with Crippen LogP contribution in [0.2, 0.25) is 0 Å². The van der Waals surface area contributed by atoms with E-state index in [0.29, 0.717) is 18.7 Å². The van der Waals surface area contributed by atoms with Gasteiger partial charge in [-0.2, -0.15) is 0 Å². The SMILES string of the molecule is COC(=O)c1ccc(C2=CCN(C(=O)OC(C)(C)C)CC2)cc1. The zero-order valence-corrected chi connectivity index (χ0v) is 14.1. The Labute approximate surface area is 136 Å². The normalized spacial score (nSPS) is 15.0. The topological polar surface area (TPSA) is 55.8 Å². The number of carbonyl (C=O) groups is 2. The second-order valence-electron chi connectivity index (χ2n) is 6.47. The highest BCUT2D eigenvalue weighted by Crippen LogP contribution is 2.24. The van der Waals surface area contributed by atoms with Crippen molar-refractivity contribution in [2.45, 2.75) is 32.8 Å². The van der Waals surface area contributed by atoms with E-state index in [2.05, 4.69) is 0 Å². The van der Waals surface area contributed by atoms with E-state index < -0.39 is 5.60 Å². The molecule has 1 amide bonds. The maximum atomic E-state index is 12.0. The van der Waals surface area contributed by atoms with Gasteiger partial charge in [0.25, 0.3) is 0 Å². The summed E-state index contributed by atoms with van der Waals surface area (Å²) in [4.78, 5) is 25.2. The number of nitrogens with zero attached hydrogens (tertiary/aromatic N) is 1. The van der Waals surface area contributed by atoms with Crippen LogP contribution in [0.3, 0.4) is 0 Å². The Hall–Kier alpha value is -2.30. The maximum absolute atomic E-state index is 12.0. The molecule has 0 unspecified atom stereocenters. The molecule has 0 saturated carbocycles. The monoisotopic (exact) mass is 317 g/mol. The van der Waals surface area contributed by atoms with Crippen LogP contribution in [-0.2, 0) is 9.47 Å². The number of rotatable bonds is 2. The van der Waals surface area contributed by atoms with Crippen molar-refractivity contribution < 1.29 is 19.1 Å². The van der Waals surface area contributed by atoms with Crippen LogP contribution in [0.5, 0.6) is 0 Å². The van der Waals surface area contributed by atoms with Crippen LogP contribution < -0.4 is 0 Å². The Balaban J connectivity index is 2.01. The first kappa shape index (κ1) is 17.1. The summed E-state index contributed by atoms with van der Waals surface area (Å²) in [6.45, 7) is 6.74. The lowest BCUT2D eigenvalue weighted by Gasteiger charge is -2.29. The van der Waals surface area contributed by atoms with Crippen LogP contribution >= 0.6 is 0 Å². The summed E-state index contributed by atoms with van der Waals surface area (Å²) in [6.07, 6.45) is 2.51. The minimum absolute atomic E-state index is 0.283. The zero-order chi connectivity index (χ0) is 17.0. The summed E-state index contributed by atoms with van der Waals surface area (Å²) in [5, 5.41) is 0. The Morgan fingerprint density at radius 2 is 1.78 bits per heavy atom. The summed E-state index contributed by atoms with van der Waals surface area (Å²) >= 11 is 0. The van der Waals surface area contributed by atoms with E-state index in [1.807, 2.05) is 39.0 Å². The Morgan fingerprint density at radius 1 is 1.13 bits per heavy atom. The van der Waals surface area contributed by atoms with Gasteiger partial charge in [-0.1, -0.05) is 18.2 Å². The molecule has 0 spiro atoms. The van der Waals surface area contributed by atoms with Gasteiger partial charge in [0, 0.05) is 13.1 Å². The minimum Gasteiger partial charge on any atom is -0.465 e. The Bertz CT molecular complexity index is 611. The van der Waals surface area contributed by atoms with Gasteiger partial charge in [-0.25, -0.2) is 9.59 Å². The molecule has 1 aromatic carbocycles. The fourth-order valence-electron chi connectivity index (χ4n) is 2.36. The minimum atomic E-state index is -0.481. The Morgan fingerprint density at radius 3 is 2.26 bits per heavy atom. The molecule has 1 aliphatic heterocycles. The number of ether oxygens (including phenoxy) is 2. The van der Waals surface area contributed by atoms with E-state index >= 15 is 0 Å². The third kappa shape index (κ3) is 4.58. The highest BCUT2D eigenvalue weighted by molar-refractivity contribution is 5.89. The molecular weight excluding hydrogens is 294 g/mol. The van der Waals surface area contributed by atoms with Gasteiger partial charge in [0.05, 0.1) is 12.7 Å². The number of hydrogen-bond donors (Lipinski definition) is 0. The van der Waals surface area contributed by atoms with Gasteiger partial charge in [0.1, 0.15) is 5.60 Å². The average Bonchev–Trinajstić information content (AvgIpc) is 2.53. The van der Waals surface area contributed by atoms with Crippen molar-refractivity contribution in [3.63, 3.8) is 0 Å². The second-order valence-corrected chi connectivity index (χ2v) is 6.47. The van der Waals surface area contributed by atoms with Gasteiger partial charge in [-0.3, -0.25) is 0 Å². The Kier molecular flexibility index (Phi) is 5.08. The van der Waals surface area contributed by atoms with Gasteiger partial charge in [-0.05, 0) is 50.5 Å². The molecule has 124 valence electrons. The molecule has 0 N–H and O–H groups in total. The largest absolute Gasteiger partial charge is 0.465 e. The number of hydrogen-bond acceptors (Lipinski definition) is 4. The number of carbonyl (C=O) groups excluding carboxylic acids is 2. The van der Waals surface area contributed by atoms with Gasteiger partial charge < -0.3 is 14.4 Å². The van der Waals surface area contributed by atoms with Crippen LogP contribution in [0.1, 0.15) is 43.1 Å². The van der Waals surface area contributed by atoms with Crippen LogP contribution in [-0.4, -0.2) is 42.8 Å². The number of benzene rings is 1. The second kappa shape index (κ2) is 6.86. The van der Waals surface area contributed by atoms with Crippen molar-refractivity contribution in [1.82, 2.24) is 4.90 Å². The summed E-state index contributed by atoms with van der Waals surface area (Å²) in [5.41, 5.74) is 2.27. The first-order chi connectivity index (χ1) is 10.8. The van der Waals surface area contributed by atoms with Crippen LogP contribution in [0.25, 0.3) is 5.57 Å². The standard InChI is InChI=1S/C18H23NO4/c1-18(2,3)23-17(21)19-11-9-14(10-12-19)13-5-7-15(8-6-13)16(20)22-4/h5-9H,10-12H2,1-4H3. The van der Waals surface area contributed by atoms with Crippen molar-refractivity contribution in [1.29, 1.82) is 0 Å². The zero-order valence-electron chi connectivity index (χ0n) is 14.1. The molecule has 0 bridgehead atoms. The van der Waals surface area contributed by atoms with Crippen LogP contribution in [0.4, 0.5) is 4.79 Å². The van der Waals surface area contributed by atoms with Gasteiger partial charge in [-0.15, -0.1) is 0 Å². The molecule has 0 saturated heterocycles. The van der Waals surface area contributed by atoms with Crippen molar-refractivity contribution in [2.75, 3.05) is 20.2 Å². The van der Waals surface area contributed by atoms with Crippen molar-refractivity contribution >= 4 is 17.6 Å². The molecule has 0 fully saturated rings.